The Morgan fingerprint density at radius 3 is 2.69 bits per heavy atom. The van der Waals surface area contributed by atoms with Crippen LogP contribution in [-0.4, -0.2) is 62.5 Å². The first kappa shape index (κ1) is 22.3. The van der Waals surface area contributed by atoms with Crippen LogP contribution >= 0.6 is 0 Å². The maximum absolute atomic E-state index is 13.2. The third-order valence-electron chi connectivity index (χ3n) is 7.11. The van der Waals surface area contributed by atoms with Crippen molar-refractivity contribution < 1.29 is 17.9 Å². The highest BCUT2D eigenvalue weighted by molar-refractivity contribution is 5.74. The van der Waals surface area contributed by atoms with Gasteiger partial charge in [-0.15, -0.1) is 0 Å². The van der Waals surface area contributed by atoms with E-state index in [0.717, 1.165) is 31.7 Å². The smallest absolute Gasteiger partial charge is 0.356 e. The van der Waals surface area contributed by atoms with Gasteiger partial charge in [0.2, 0.25) is 5.95 Å². The van der Waals surface area contributed by atoms with Crippen LogP contribution in [0.2, 0.25) is 0 Å². The number of anilines is 2. The van der Waals surface area contributed by atoms with Crippen molar-refractivity contribution in [2.24, 2.45) is 5.41 Å². The summed E-state index contributed by atoms with van der Waals surface area (Å²) in [5.74, 6) is 0.864. The Labute approximate surface area is 198 Å². The minimum absolute atomic E-state index is 0.0949. The van der Waals surface area contributed by atoms with Crippen LogP contribution < -0.4 is 15.4 Å². The molecule has 3 aliphatic heterocycles. The van der Waals surface area contributed by atoms with Gasteiger partial charge in [0.25, 0.3) is 5.56 Å². The molecule has 3 aliphatic rings. The summed E-state index contributed by atoms with van der Waals surface area (Å²) in [4.78, 5) is 32.0. The molecule has 0 amide bonds. The lowest BCUT2D eigenvalue weighted by Gasteiger charge is -2.48. The zero-order chi connectivity index (χ0) is 24.4. The largest absolute Gasteiger partial charge is 0.433 e. The maximum atomic E-state index is 13.2. The number of hydrogen-bond acceptors (Lipinski definition) is 8. The van der Waals surface area contributed by atoms with Crippen molar-refractivity contribution in [1.82, 2.24) is 29.7 Å². The molecule has 3 aromatic heterocycles. The SMILES string of the molecule is Cc1nc(N2CC3(CCN(c4nc5c(cnn5C5CCCCO5)c(=O)[nH]4)C3)C2)cc(C(F)(F)F)n1. The van der Waals surface area contributed by atoms with Crippen LogP contribution in [0.25, 0.3) is 11.0 Å². The van der Waals surface area contributed by atoms with Crippen molar-refractivity contribution in [3.05, 3.63) is 34.1 Å². The van der Waals surface area contributed by atoms with Crippen LogP contribution in [0.4, 0.5) is 24.9 Å². The molecular weight excluding hydrogens is 465 g/mol. The van der Waals surface area contributed by atoms with E-state index in [9.17, 15) is 18.0 Å². The molecule has 186 valence electrons. The highest BCUT2D eigenvalue weighted by Gasteiger charge is 2.49. The monoisotopic (exact) mass is 490 g/mol. The summed E-state index contributed by atoms with van der Waals surface area (Å²) in [7, 11) is 0. The molecule has 3 fully saturated rings. The minimum atomic E-state index is -4.51. The number of fused-ring (bicyclic) bond motifs is 1. The molecule has 0 saturated carbocycles. The minimum Gasteiger partial charge on any atom is -0.356 e. The van der Waals surface area contributed by atoms with Crippen LogP contribution in [-0.2, 0) is 10.9 Å². The number of ether oxygens (including phenoxy) is 1. The van der Waals surface area contributed by atoms with E-state index in [1.165, 1.54) is 13.1 Å². The van der Waals surface area contributed by atoms with E-state index in [1.807, 2.05) is 9.80 Å². The molecule has 10 nitrogen and oxygen atoms in total. The first-order valence-corrected chi connectivity index (χ1v) is 11.7. The topological polar surface area (TPSA) is 105 Å². The second kappa shape index (κ2) is 7.90. The van der Waals surface area contributed by atoms with Gasteiger partial charge >= 0.3 is 6.18 Å². The van der Waals surface area contributed by atoms with Gasteiger partial charge in [0.05, 0.1) is 6.20 Å². The molecule has 0 bridgehead atoms. The van der Waals surface area contributed by atoms with Crippen molar-refractivity contribution in [1.29, 1.82) is 0 Å². The Kier molecular flexibility index (Phi) is 5.02. The molecule has 6 rings (SSSR count). The van der Waals surface area contributed by atoms with Crippen LogP contribution in [0.3, 0.4) is 0 Å². The number of hydrogen-bond donors (Lipinski definition) is 1. The predicted octanol–water partition coefficient (Wildman–Crippen LogP) is 2.65. The average molecular weight is 490 g/mol. The van der Waals surface area contributed by atoms with Gasteiger partial charge < -0.3 is 14.5 Å². The molecule has 1 N–H and O–H groups in total. The lowest BCUT2D eigenvalue weighted by atomic mass is 9.79. The maximum Gasteiger partial charge on any atom is 0.433 e. The molecule has 1 atom stereocenters. The van der Waals surface area contributed by atoms with E-state index in [0.29, 0.717) is 55.6 Å². The molecule has 1 unspecified atom stereocenters. The fourth-order valence-corrected chi connectivity index (χ4v) is 5.36. The molecule has 35 heavy (non-hydrogen) atoms. The number of rotatable bonds is 3. The number of H-pyrrole nitrogens is 1. The van der Waals surface area contributed by atoms with Crippen LogP contribution in [0.5, 0.6) is 0 Å². The first-order chi connectivity index (χ1) is 16.7. The van der Waals surface area contributed by atoms with E-state index in [4.69, 9.17) is 9.72 Å². The summed E-state index contributed by atoms with van der Waals surface area (Å²) in [6, 6.07) is 1.01. The zero-order valence-corrected chi connectivity index (χ0v) is 19.2. The third kappa shape index (κ3) is 3.91. The van der Waals surface area contributed by atoms with Gasteiger partial charge in [-0.05, 0) is 32.6 Å². The average Bonchev–Trinajstić information content (AvgIpc) is 3.43. The quantitative estimate of drug-likeness (QED) is 0.598. The summed E-state index contributed by atoms with van der Waals surface area (Å²) >= 11 is 0. The molecule has 0 radical (unpaired) electrons. The third-order valence-corrected chi connectivity index (χ3v) is 7.11. The van der Waals surface area contributed by atoms with Gasteiger partial charge in [-0.1, -0.05) is 0 Å². The molecule has 0 aliphatic carbocycles. The van der Waals surface area contributed by atoms with E-state index < -0.39 is 11.9 Å². The zero-order valence-electron chi connectivity index (χ0n) is 19.2. The standard InChI is InChI=1S/C22H25F3N8O2/c1-13-27-15(22(23,24)25)8-16(28-13)32-11-21(12-32)5-6-31(10-21)20-29-18-14(19(34)30-20)9-26-33(18)17-4-2-3-7-35-17/h8-9,17H,2-7,10-12H2,1H3,(H,29,30,34). The van der Waals surface area contributed by atoms with Gasteiger partial charge in [0, 0.05) is 44.3 Å². The Bertz CT molecular complexity index is 1320. The number of nitrogens with zero attached hydrogens (tertiary/aromatic N) is 7. The predicted molar refractivity (Wildman–Crippen MR) is 120 cm³/mol. The Morgan fingerprint density at radius 2 is 1.94 bits per heavy atom. The van der Waals surface area contributed by atoms with E-state index >= 15 is 0 Å². The summed E-state index contributed by atoms with van der Waals surface area (Å²) in [6.45, 7) is 4.61. The van der Waals surface area contributed by atoms with Crippen molar-refractivity contribution >= 4 is 22.8 Å². The van der Waals surface area contributed by atoms with Crippen molar-refractivity contribution in [2.45, 2.75) is 45.0 Å². The highest BCUT2D eigenvalue weighted by atomic mass is 19.4. The molecule has 3 saturated heterocycles. The van der Waals surface area contributed by atoms with E-state index in [-0.39, 0.29) is 23.0 Å². The van der Waals surface area contributed by atoms with Crippen LogP contribution in [0.1, 0.15) is 43.4 Å². The first-order valence-electron chi connectivity index (χ1n) is 11.7. The van der Waals surface area contributed by atoms with Crippen LogP contribution in [0.15, 0.2) is 17.1 Å². The van der Waals surface area contributed by atoms with E-state index in [2.05, 4.69) is 20.1 Å². The lowest BCUT2D eigenvalue weighted by Crippen LogP contribution is -2.58. The lowest BCUT2D eigenvalue weighted by molar-refractivity contribution is -0.141. The fourth-order valence-electron chi connectivity index (χ4n) is 5.36. The Hall–Kier alpha value is -3.22. The number of alkyl halides is 3. The van der Waals surface area contributed by atoms with Crippen LogP contribution in [0, 0.1) is 12.3 Å². The second-order valence-electron chi connectivity index (χ2n) is 9.72. The molecule has 6 heterocycles. The van der Waals surface area contributed by atoms with Gasteiger partial charge in [-0.2, -0.15) is 23.3 Å². The number of halogens is 3. The van der Waals surface area contributed by atoms with Gasteiger partial charge in [-0.3, -0.25) is 9.78 Å². The Balaban J connectivity index is 1.21. The Morgan fingerprint density at radius 1 is 1.14 bits per heavy atom. The summed E-state index contributed by atoms with van der Waals surface area (Å²) in [6.07, 6.45) is 0.482. The van der Waals surface area contributed by atoms with Gasteiger partial charge in [-0.25, -0.2) is 14.6 Å². The molecular formula is C22H25F3N8O2. The number of aryl methyl sites for hydroxylation is 1. The number of aromatic amines is 1. The fraction of sp³-hybridized carbons (Fsp3) is 0.591. The summed E-state index contributed by atoms with van der Waals surface area (Å²) in [5, 5.41) is 4.79. The highest BCUT2D eigenvalue weighted by Crippen LogP contribution is 2.43. The van der Waals surface area contributed by atoms with Gasteiger partial charge in [0.1, 0.15) is 22.7 Å². The summed E-state index contributed by atoms with van der Waals surface area (Å²) in [5.41, 5.74) is -0.776. The summed E-state index contributed by atoms with van der Waals surface area (Å²) < 4.78 is 47.0. The molecule has 3 aromatic rings. The number of nitrogens with one attached hydrogen (secondary N) is 1. The number of aromatic nitrogens is 6. The second-order valence-corrected chi connectivity index (χ2v) is 9.72. The molecule has 0 aromatic carbocycles. The normalized spacial score (nSPS) is 22.2. The van der Waals surface area contributed by atoms with E-state index in [1.54, 1.807) is 4.68 Å². The van der Waals surface area contributed by atoms with Crippen molar-refractivity contribution in [3.63, 3.8) is 0 Å². The van der Waals surface area contributed by atoms with Crippen molar-refractivity contribution in [3.8, 4) is 0 Å². The molecule has 1 spiro atoms. The van der Waals surface area contributed by atoms with Gasteiger partial charge in [0.15, 0.2) is 11.9 Å². The van der Waals surface area contributed by atoms with Crippen molar-refractivity contribution in [2.75, 3.05) is 42.6 Å². The molecule has 13 heteroatoms.